The van der Waals surface area contributed by atoms with Crippen molar-refractivity contribution in [3.05, 3.63) is 57.6 Å². The summed E-state index contributed by atoms with van der Waals surface area (Å²) in [5.41, 5.74) is 0. The second-order valence-corrected chi connectivity index (χ2v) is 7.38. The van der Waals surface area contributed by atoms with Crippen molar-refractivity contribution in [2.75, 3.05) is 6.54 Å². The van der Waals surface area contributed by atoms with Gasteiger partial charge in [-0.2, -0.15) is 0 Å². The lowest BCUT2D eigenvalue weighted by atomic mass is 10.2. The molecule has 1 fully saturated rings. The summed E-state index contributed by atoms with van der Waals surface area (Å²) < 4.78 is 1.19. The lowest BCUT2D eigenvalue weighted by Crippen LogP contribution is -2.29. The van der Waals surface area contributed by atoms with E-state index >= 15 is 0 Å². The number of hydrogen-bond donors (Lipinski definition) is 0. The van der Waals surface area contributed by atoms with Crippen molar-refractivity contribution >= 4 is 38.7 Å². The van der Waals surface area contributed by atoms with Crippen molar-refractivity contribution in [1.82, 2.24) is 4.90 Å². The van der Waals surface area contributed by atoms with E-state index in [-0.39, 0.29) is 11.9 Å². The molecule has 0 unspecified atom stereocenters. The second kappa shape index (κ2) is 5.28. The van der Waals surface area contributed by atoms with E-state index < -0.39 is 0 Å². The summed E-state index contributed by atoms with van der Waals surface area (Å²) in [6, 6.07) is 14.7. The summed E-state index contributed by atoms with van der Waals surface area (Å²) >= 11 is 3.35. The lowest BCUT2D eigenvalue weighted by Gasteiger charge is -2.23. The lowest BCUT2D eigenvalue weighted by molar-refractivity contribution is 0.0743. The van der Waals surface area contributed by atoms with Crippen LogP contribution in [0.4, 0.5) is 0 Å². The molecule has 1 aliphatic rings. The van der Waals surface area contributed by atoms with Gasteiger partial charge >= 0.3 is 0 Å². The molecule has 106 valence electrons. The molecule has 2 nitrogen and oxygen atoms in total. The summed E-state index contributed by atoms with van der Waals surface area (Å²) in [4.78, 5) is 17.1. The van der Waals surface area contributed by atoms with Gasteiger partial charge in [-0.05, 0) is 41.8 Å². The van der Waals surface area contributed by atoms with E-state index in [1.165, 1.54) is 9.58 Å². The van der Waals surface area contributed by atoms with Crippen molar-refractivity contribution in [2.24, 2.45) is 0 Å². The second-order valence-electron chi connectivity index (χ2n) is 5.32. The molecule has 1 amide bonds. The van der Waals surface area contributed by atoms with Gasteiger partial charge in [0.1, 0.15) is 0 Å². The van der Waals surface area contributed by atoms with Gasteiger partial charge in [-0.25, -0.2) is 0 Å². The normalized spacial score (nSPS) is 18.5. The first-order valence-corrected chi connectivity index (χ1v) is 8.85. The third kappa shape index (κ3) is 2.28. The number of hydrogen-bond acceptors (Lipinski definition) is 3. The van der Waals surface area contributed by atoms with Crippen LogP contribution in [0.1, 0.15) is 33.4 Å². The number of carbonyl (C=O) groups excluding carboxylic acids is 1. The van der Waals surface area contributed by atoms with Gasteiger partial charge < -0.3 is 4.90 Å². The van der Waals surface area contributed by atoms with Crippen LogP contribution >= 0.6 is 22.7 Å². The van der Waals surface area contributed by atoms with E-state index in [1.54, 1.807) is 22.7 Å². The Balaban J connectivity index is 1.67. The quantitative estimate of drug-likeness (QED) is 0.656. The molecule has 4 rings (SSSR count). The summed E-state index contributed by atoms with van der Waals surface area (Å²) in [6.07, 6.45) is 2.18. The Morgan fingerprint density at radius 1 is 1.19 bits per heavy atom. The van der Waals surface area contributed by atoms with Crippen LogP contribution in [0, 0.1) is 0 Å². The molecule has 4 heteroatoms. The Labute approximate surface area is 131 Å². The Morgan fingerprint density at radius 3 is 2.90 bits per heavy atom. The molecule has 1 atom stereocenters. The fourth-order valence-corrected chi connectivity index (χ4v) is 4.91. The van der Waals surface area contributed by atoms with Gasteiger partial charge in [0.15, 0.2) is 0 Å². The summed E-state index contributed by atoms with van der Waals surface area (Å²) in [7, 11) is 0. The number of benzene rings is 1. The maximum atomic E-state index is 12.9. The standard InChI is InChI=1S/C17H15NOS2/c19-17(16-11-12-5-1-2-7-14(12)21-16)18-9-3-6-13(18)15-8-4-10-20-15/h1-2,4-5,7-8,10-11,13H,3,6,9H2/t13-/m0/s1. The van der Waals surface area contributed by atoms with Crippen molar-refractivity contribution in [2.45, 2.75) is 18.9 Å². The zero-order valence-corrected chi connectivity index (χ0v) is 13.1. The maximum absolute atomic E-state index is 12.9. The van der Waals surface area contributed by atoms with Crippen LogP contribution in [-0.2, 0) is 0 Å². The topological polar surface area (TPSA) is 20.3 Å². The van der Waals surface area contributed by atoms with Gasteiger partial charge in [-0.1, -0.05) is 24.3 Å². The smallest absolute Gasteiger partial charge is 0.264 e. The fraction of sp³-hybridized carbons (Fsp3) is 0.235. The van der Waals surface area contributed by atoms with Crippen LogP contribution in [0.5, 0.6) is 0 Å². The van der Waals surface area contributed by atoms with Crippen LogP contribution < -0.4 is 0 Å². The fourth-order valence-electron chi connectivity index (χ4n) is 3.02. The highest BCUT2D eigenvalue weighted by molar-refractivity contribution is 7.20. The van der Waals surface area contributed by atoms with Crippen molar-refractivity contribution in [3.8, 4) is 0 Å². The third-order valence-electron chi connectivity index (χ3n) is 4.02. The van der Waals surface area contributed by atoms with Crippen LogP contribution in [-0.4, -0.2) is 17.4 Å². The third-order valence-corrected chi connectivity index (χ3v) is 6.10. The number of amides is 1. The SMILES string of the molecule is O=C(c1cc2ccccc2s1)N1CCC[C@H]1c1cccs1. The van der Waals surface area contributed by atoms with E-state index in [0.717, 1.165) is 29.6 Å². The van der Waals surface area contributed by atoms with E-state index in [0.29, 0.717) is 0 Å². The molecule has 1 aliphatic heterocycles. The number of likely N-dealkylation sites (tertiary alicyclic amines) is 1. The van der Waals surface area contributed by atoms with E-state index in [1.807, 2.05) is 18.2 Å². The van der Waals surface area contributed by atoms with Crippen molar-refractivity contribution < 1.29 is 4.79 Å². The Morgan fingerprint density at radius 2 is 2.10 bits per heavy atom. The molecule has 0 spiro atoms. The zero-order valence-electron chi connectivity index (χ0n) is 11.5. The highest BCUT2D eigenvalue weighted by Crippen LogP contribution is 2.37. The molecule has 0 bridgehead atoms. The van der Waals surface area contributed by atoms with Gasteiger partial charge in [0, 0.05) is 16.1 Å². The number of thiophene rings is 2. The summed E-state index contributed by atoms with van der Waals surface area (Å²) in [5, 5.41) is 3.26. The molecule has 1 aromatic carbocycles. The monoisotopic (exact) mass is 313 g/mol. The van der Waals surface area contributed by atoms with Crippen LogP contribution in [0.3, 0.4) is 0 Å². The number of nitrogens with zero attached hydrogens (tertiary/aromatic N) is 1. The van der Waals surface area contributed by atoms with Crippen LogP contribution in [0.15, 0.2) is 47.8 Å². The average molecular weight is 313 g/mol. The van der Waals surface area contributed by atoms with Gasteiger partial charge in [0.25, 0.3) is 5.91 Å². The van der Waals surface area contributed by atoms with E-state index in [9.17, 15) is 4.79 Å². The molecular weight excluding hydrogens is 298 g/mol. The number of carbonyl (C=O) groups is 1. The predicted octanol–water partition coefficient (Wildman–Crippen LogP) is 4.94. The average Bonchev–Trinajstić information content (AvgIpc) is 3.23. The summed E-state index contributed by atoms with van der Waals surface area (Å²) in [5.74, 6) is 0.187. The predicted molar refractivity (Wildman–Crippen MR) is 89.2 cm³/mol. The minimum atomic E-state index is 0.187. The number of fused-ring (bicyclic) bond motifs is 1. The number of rotatable bonds is 2. The maximum Gasteiger partial charge on any atom is 0.264 e. The van der Waals surface area contributed by atoms with Crippen LogP contribution in [0.25, 0.3) is 10.1 Å². The highest BCUT2D eigenvalue weighted by Gasteiger charge is 2.31. The van der Waals surface area contributed by atoms with Crippen molar-refractivity contribution in [1.29, 1.82) is 0 Å². The minimum Gasteiger partial charge on any atom is -0.330 e. The molecule has 0 saturated carbocycles. The summed E-state index contributed by atoms with van der Waals surface area (Å²) in [6.45, 7) is 0.871. The van der Waals surface area contributed by atoms with Gasteiger partial charge in [0.05, 0.1) is 10.9 Å². The van der Waals surface area contributed by atoms with Gasteiger partial charge in [0.2, 0.25) is 0 Å². The Bertz CT molecular complexity index is 742. The molecular formula is C17H15NOS2. The molecule has 3 aromatic rings. The molecule has 3 heterocycles. The first-order valence-electron chi connectivity index (χ1n) is 7.16. The molecule has 21 heavy (non-hydrogen) atoms. The molecule has 1 saturated heterocycles. The molecule has 0 N–H and O–H groups in total. The first-order chi connectivity index (χ1) is 10.3. The van der Waals surface area contributed by atoms with E-state index in [4.69, 9.17) is 0 Å². The molecule has 0 radical (unpaired) electrons. The molecule has 0 aliphatic carbocycles. The minimum absolute atomic E-state index is 0.187. The van der Waals surface area contributed by atoms with Gasteiger partial charge in [-0.15, -0.1) is 22.7 Å². The Hall–Kier alpha value is -1.65. The van der Waals surface area contributed by atoms with Gasteiger partial charge in [-0.3, -0.25) is 4.79 Å². The zero-order chi connectivity index (χ0) is 14.2. The molecule has 2 aromatic heterocycles. The van der Waals surface area contributed by atoms with Crippen molar-refractivity contribution in [3.63, 3.8) is 0 Å². The Kier molecular flexibility index (Phi) is 3.28. The first kappa shape index (κ1) is 13.0. The largest absolute Gasteiger partial charge is 0.330 e. The van der Waals surface area contributed by atoms with E-state index in [2.05, 4.69) is 34.5 Å². The highest BCUT2D eigenvalue weighted by atomic mass is 32.1. The van der Waals surface area contributed by atoms with Crippen LogP contribution in [0.2, 0.25) is 0 Å².